The molecule has 0 bridgehead atoms. The second-order valence-electron chi connectivity index (χ2n) is 8.79. The number of para-hydroxylation sites is 1. The summed E-state index contributed by atoms with van der Waals surface area (Å²) in [6.45, 7) is 1.68. The molecule has 4 heterocycles. The Bertz CT molecular complexity index is 1230. The number of benzene rings is 2. The predicted molar refractivity (Wildman–Crippen MR) is 115 cm³/mol. The Kier molecular flexibility index (Phi) is 4.30. The molecule has 10 heteroatoms. The van der Waals surface area contributed by atoms with Gasteiger partial charge in [-0.1, -0.05) is 29.8 Å². The van der Waals surface area contributed by atoms with Crippen LogP contribution >= 0.6 is 11.6 Å². The quantitative estimate of drug-likeness (QED) is 0.581. The second kappa shape index (κ2) is 6.93. The maximum atomic E-state index is 13.7. The minimum atomic E-state index is -1.50. The van der Waals surface area contributed by atoms with Crippen molar-refractivity contribution in [2.45, 2.75) is 31.2 Å². The lowest BCUT2D eigenvalue weighted by molar-refractivity contribution is -0.143. The lowest BCUT2D eigenvalue weighted by Gasteiger charge is -2.30. The van der Waals surface area contributed by atoms with Crippen molar-refractivity contribution in [3.8, 4) is 11.5 Å². The summed E-state index contributed by atoms with van der Waals surface area (Å²) in [5.41, 5.74) is 0.111. The topological polar surface area (TPSA) is 117 Å². The van der Waals surface area contributed by atoms with E-state index in [0.717, 1.165) is 0 Å². The number of carbonyl (C=O) groups is 3. The van der Waals surface area contributed by atoms with Gasteiger partial charge < -0.3 is 19.9 Å². The highest BCUT2D eigenvalue weighted by molar-refractivity contribution is 6.35. The smallest absolute Gasteiger partial charge is 0.250 e. The van der Waals surface area contributed by atoms with Crippen LogP contribution in [0.1, 0.15) is 18.1 Å². The molecule has 4 aliphatic rings. The van der Waals surface area contributed by atoms with Gasteiger partial charge in [0, 0.05) is 11.6 Å². The average Bonchev–Trinajstić information content (AvgIpc) is 3.51. The van der Waals surface area contributed by atoms with E-state index in [0.29, 0.717) is 33.3 Å². The number of nitrogens with one attached hydrogen (secondary N) is 2. The molecule has 1 spiro atoms. The van der Waals surface area contributed by atoms with Crippen molar-refractivity contribution < 1.29 is 29.0 Å². The summed E-state index contributed by atoms with van der Waals surface area (Å²) < 4.78 is 10.7. The minimum Gasteiger partial charge on any atom is -0.454 e. The highest BCUT2D eigenvalue weighted by atomic mass is 35.5. The maximum Gasteiger partial charge on any atom is 0.250 e. The van der Waals surface area contributed by atoms with Crippen LogP contribution in [-0.2, 0) is 26.5 Å². The number of halogens is 1. The van der Waals surface area contributed by atoms with Crippen LogP contribution in [0, 0.1) is 11.8 Å². The van der Waals surface area contributed by atoms with Gasteiger partial charge in [0.05, 0.1) is 35.2 Å². The predicted octanol–water partition coefficient (Wildman–Crippen LogP) is 1.37. The van der Waals surface area contributed by atoms with Gasteiger partial charge in [-0.2, -0.15) is 0 Å². The third-order valence-electron chi connectivity index (χ3n) is 7.02. The Morgan fingerprint density at radius 1 is 1.18 bits per heavy atom. The van der Waals surface area contributed by atoms with E-state index in [9.17, 15) is 19.5 Å². The molecule has 9 nitrogen and oxygen atoms in total. The van der Waals surface area contributed by atoms with Gasteiger partial charge in [0.2, 0.25) is 24.5 Å². The van der Waals surface area contributed by atoms with Crippen molar-refractivity contribution in [2.75, 3.05) is 12.1 Å². The van der Waals surface area contributed by atoms with Gasteiger partial charge in [-0.3, -0.25) is 24.6 Å². The molecule has 4 aliphatic heterocycles. The lowest BCUT2D eigenvalue weighted by atomic mass is 9.76. The van der Waals surface area contributed by atoms with Crippen molar-refractivity contribution in [3.63, 3.8) is 0 Å². The van der Waals surface area contributed by atoms with Gasteiger partial charge in [0.15, 0.2) is 11.5 Å². The standard InChI is InChI=1S/C23H20ClN3O6/c1-10(28)18-16-17(23(26-18)12-3-2-4-13(24)19(12)25-22(23)31)21(30)27(20(16)29)8-11-5-6-14-15(7-11)33-9-32-14/h2-7,10,16-18,26,28H,8-9H2,1H3,(H,25,31)/t10-,16+,17-,18+,23-/m0/s1. The number of amides is 3. The van der Waals surface area contributed by atoms with Crippen LogP contribution in [0.5, 0.6) is 11.5 Å². The number of fused-ring (bicyclic) bond motifs is 5. The first-order valence-electron chi connectivity index (χ1n) is 10.6. The summed E-state index contributed by atoms with van der Waals surface area (Å²) in [5, 5.41) is 16.7. The Balaban J connectivity index is 1.43. The molecule has 0 unspecified atom stereocenters. The first-order chi connectivity index (χ1) is 15.8. The minimum absolute atomic E-state index is 0.0218. The molecular formula is C23H20ClN3O6. The van der Waals surface area contributed by atoms with E-state index < -0.39 is 47.2 Å². The zero-order valence-corrected chi connectivity index (χ0v) is 18.3. The summed E-state index contributed by atoms with van der Waals surface area (Å²) >= 11 is 6.31. The highest BCUT2D eigenvalue weighted by Gasteiger charge is 2.71. The summed E-state index contributed by atoms with van der Waals surface area (Å²) in [6, 6.07) is 9.49. The van der Waals surface area contributed by atoms with Gasteiger partial charge in [0.1, 0.15) is 5.54 Å². The van der Waals surface area contributed by atoms with E-state index in [1.807, 2.05) is 0 Å². The zero-order valence-electron chi connectivity index (χ0n) is 17.5. The number of ether oxygens (including phenoxy) is 2. The zero-order chi connectivity index (χ0) is 23.1. The van der Waals surface area contributed by atoms with Crippen LogP contribution in [0.2, 0.25) is 5.02 Å². The monoisotopic (exact) mass is 469 g/mol. The number of imide groups is 1. The van der Waals surface area contributed by atoms with Gasteiger partial charge in [-0.15, -0.1) is 0 Å². The van der Waals surface area contributed by atoms with Crippen LogP contribution in [0.15, 0.2) is 36.4 Å². The second-order valence-corrected chi connectivity index (χ2v) is 9.20. The third kappa shape index (κ3) is 2.64. The molecule has 0 saturated carbocycles. The fourth-order valence-electron chi connectivity index (χ4n) is 5.58. The molecule has 33 heavy (non-hydrogen) atoms. The van der Waals surface area contributed by atoms with Crippen LogP contribution in [-0.4, -0.2) is 46.7 Å². The first-order valence-corrected chi connectivity index (χ1v) is 11.0. The molecule has 0 aromatic heterocycles. The molecule has 2 fully saturated rings. The number of aliphatic hydroxyl groups excluding tert-OH is 1. The van der Waals surface area contributed by atoms with Crippen molar-refractivity contribution in [2.24, 2.45) is 11.8 Å². The van der Waals surface area contributed by atoms with Crippen molar-refractivity contribution in [1.82, 2.24) is 10.2 Å². The highest BCUT2D eigenvalue weighted by Crippen LogP contribution is 2.54. The van der Waals surface area contributed by atoms with E-state index in [1.54, 1.807) is 36.4 Å². The molecular weight excluding hydrogens is 450 g/mol. The third-order valence-corrected chi connectivity index (χ3v) is 7.34. The SMILES string of the molecule is C[C@H](O)[C@H]1N[C@]2(C(=O)Nc3c(Cl)cccc32)[C@@H]2C(=O)N(Cc3ccc4c(c3)OCO4)C(=O)[C@@H]12. The lowest BCUT2D eigenvalue weighted by Crippen LogP contribution is -2.54. The summed E-state index contributed by atoms with van der Waals surface area (Å²) in [5.74, 6) is -2.13. The number of hydrogen-bond acceptors (Lipinski definition) is 7. The van der Waals surface area contributed by atoms with Gasteiger partial charge in [-0.05, 0) is 30.7 Å². The van der Waals surface area contributed by atoms with Crippen molar-refractivity contribution in [3.05, 3.63) is 52.5 Å². The Morgan fingerprint density at radius 2 is 1.97 bits per heavy atom. The van der Waals surface area contributed by atoms with Crippen molar-refractivity contribution in [1.29, 1.82) is 0 Å². The van der Waals surface area contributed by atoms with E-state index in [2.05, 4.69) is 10.6 Å². The first kappa shape index (κ1) is 20.5. The maximum absolute atomic E-state index is 13.7. The molecule has 170 valence electrons. The number of likely N-dealkylation sites (tertiary alicyclic amines) is 1. The van der Waals surface area contributed by atoms with Crippen LogP contribution < -0.4 is 20.1 Å². The molecule has 2 aromatic carbocycles. The number of rotatable bonds is 3. The average molecular weight is 470 g/mol. The van der Waals surface area contributed by atoms with Gasteiger partial charge in [0.25, 0.3) is 0 Å². The Morgan fingerprint density at radius 3 is 2.76 bits per heavy atom. The molecule has 3 N–H and O–H groups in total. The van der Waals surface area contributed by atoms with E-state index >= 15 is 0 Å². The molecule has 3 amide bonds. The summed E-state index contributed by atoms with van der Waals surface area (Å²) in [7, 11) is 0. The van der Waals surface area contributed by atoms with E-state index in [4.69, 9.17) is 21.1 Å². The number of hydrogen-bond donors (Lipinski definition) is 3. The molecule has 2 saturated heterocycles. The molecule has 0 radical (unpaired) electrons. The van der Waals surface area contributed by atoms with Gasteiger partial charge >= 0.3 is 0 Å². The number of carbonyl (C=O) groups excluding carboxylic acids is 3. The van der Waals surface area contributed by atoms with Crippen LogP contribution in [0.25, 0.3) is 0 Å². The van der Waals surface area contributed by atoms with E-state index in [-0.39, 0.29) is 13.3 Å². The molecule has 0 aliphatic carbocycles. The molecule has 5 atom stereocenters. The van der Waals surface area contributed by atoms with Crippen molar-refractivity contribution >= 4 is 35.0 Å². The largest absolute Gasteiger partial charge is 0.454 e. The number of anilines is 1. The normalized spacial score (nSPS) is 30.1. The fraction of sp³-hybridized carbons (Fsp3) is 0.348. The molecule has 2 aromatic rings. The number of nitrogens with zero attached hydrogens (tertiary/aromatic N) is 1. The fourth-order valence-corrected chi connectivity index (χ4v) is 5.80. The Hall–Kier alpha value is -3.14. The van der Waals surface area contributed by atoms with E-state index in [1.165, 1.54) is 11.8 Å². The summed E-state index contributed by atoms with van der Waals surface area (Å²) in [4.78, 5) is 41.7. The number of aliphatic hydroxyl groups is 1. The Labute approximate surface area is 193 Å². The summed E-state index contributed by atoms with van der Waals surface area (Å²) in [6.07, 6.45) is -0.977. The van der Waals surface area contributed by atoms with Gasteiger partial charge in [-0.25, -0.2) is 0 Å². The molecule has 6 rings (SSSR count). The van der Waals surface area contributed by atoms with Crippen LogP contribution in [0.4, 0.5) is 5.69 Å². The van der Waals surface area contributed by atoms with Crippen LogP contribution in [0.3, 0.4) is 0 Å².